The van der Waals surface area contributed by atoms with Gasteiger partial charge in [-0.3, -0.25) is 9.52 Å². The molecular formula is C23H23ClN2O5S. The van der Waals surface area contributed by atoms with Crippen LogP contribution in [0.2, 0.25) is 5.02 Å². The Hall–Kier alpha value is -3.23. The number of benzene rings is 3. The van der Waals surface area contributed by atoms with Crippen molar-refractivity contribution in [2.24, 2.45) is 0 Å². The van der Waals surface area contributed by atoms with Crippen LogP contribution in [-0.4, -0.2) is 28.5 Å². The summed E-state index contributed by atoms with van der Waals surface area (Å²) < 4.78 is 38.0. The van der Waals surface area contributed by atoms with Crippen molar-refractivity contribution in [1.82, 2.24) is 5.32 Å². The third-order valence-electron chi connectivity index (χ3n) is 4.78. The summed E-state index contributed by atoms with van der Waals surface area (Å²) in [5.74, 6) is 0.797. The number of nitrogens with one attached hydrogen (secondary N) is 2. The van der Waals surface area contributed by atoms with Gasteiger partial charge in [-0.05, 0) is 55.0 Å². The summed E-state index contributed by atoms with van der Waals surface area (Å²) in [7, 11) is -0.700. The van der Waals surface area contributed by atoms with Gasteiger partial charge in [0.05, 0.1) is 35.9 Å². The molecule has 0 aliphatic carbocycles. The lowest BCUT2D eigenvalue weighted by Gasteiger charge is -2.17. The third kappa shape index (κ3) is 5.33. The van der Waals surface area contributed by atoms with Crippen LogP contribution < -0.4 is 19.5 Å². The van der Waals surface area contributed by atoms with Gasteiger partial charge >= 0.3 is 0 Å². The summed E-state index contributed by atoms with van der Waals surface area (Å²) >= 11 is 6.26. The second kappa shape index (κ2) is 9.93. The zero-order chi connectivity index (χ0) is 23.3. The smallest absolute Gasteiger partial charge is 0.261 e. The van der Waals surface area contributed by atoms with E-state index >= 15 is 0 Å². The largest absolute Gasteiger partial charge is 0.493 e. The first-order chi connectivity index (χ1) is 15.2. The maximum absolute atomic E-state index is 12.7. The molecule has 0 spiro atoms. The molecule has 3 aromatic carbocycles. The van der Waals surface area contributed by atoms with Crippen LogP contribution in [0, 0.1) is 0 Å². The average Bonchev–Trinajstić information content (AvgIpc) is 2.80. The van der Waals surface area contributed by atoms with E-state index in [9.17, 15) is 13.2 Å². The zero-order valence-electron chi connectivity index (χ0n) is 17.8. The van der Waals surface area contributed by atoms with Gasteiger partial charge < -0.3 is 14.8 Å². The molecule has 3 aromatic rings. The summed E-state index contributed by atoms with van der Waals surface area (Å²) in [6.07, 6.45) is 0. The number of methoxy groups -OCH3 is 2. The van der Waals surface area contributed by atoms with Crippen LogP contribution in [0.1, 0.15) is 28.9 Å². The van der Waals surface area contributed by atoms with E-state index in [4.69, 9.17) is 21.1 Å². The van der Waals surface area contributed by atoms with Gasteiger partial charge in [0.2, 0.25) is 0 Å². The van der Waals surface area contributed by atoms with E-state index < -0.39 is 10.0 Å². The fraction of sp³-hybridized carbons (Fsp3) is 0.174. The highest BCUT2D eigenvalue weighted by atomic mass is 35.5. The number of anilines is 1. The molecule has 7 nitrogen and oxygen atoms in total. The zero-order valence-corrected chi connectivity index (χ0v) is 19.3. The maximum Gasteiger partial charge on any atom is 0.261 e. The highest BCUT2D eigenvalue weighted by Crippen LogP contribution is 2.30. The second-order valence-corrected chi connectivity index (χ2v) is 9.01. The Morgan fingerprint density at radius 2 is 1.62 bits per heavy atom. The van der Waals surface area contributed by atoms with Crippen LogP contribution in [0.4, 0.5) is 5.69 Å². The van der Waals surface area contributed by atoms with E-state index in [-0.39, 0.29) is 27.6 Å². The first-order valence-electron chi connectivity index (χ1n) is 9.65. The van der Waals surface area contributed by atoms with Crippen LogP contribution in [0.25, 0.3) is 0 Å². The molecular weight excluding hydrogens is 452 g/mol. The van der Waals surface area contributed by atoms with E-state index in [1.165, 1.54) is 30.3 Å². The van der Waals surface area contributed by atoms with Crippen molar-refractivity contribution < 1.29 is 22.7 Å². The van der Waals surface area contributed by atoms with Gasteiger partial charge in [0.15, 0.2) is 11.5 Å². The number of halogens is 1. The fourth-order valence-corrected chi connectivity index (χ4v) is 4.41. The monoisotopic (exact) mass is 474 g/mol. The maximum atomic E-state index is 12.7. The van der Waals surface area contributed by atoms with Crippen molar-refractivity contribution in [2.45, 2.75) is 17.9 Å². The highest BCUT2D eigenvalue weighted by Gasteiger charge is 2.18. The lowest BCUT2D eigenvalue weighted by Crippen LogP contribution is -2.26. The standard InChI is InChI=1S/C23H23ClN2O5S/c1-15(16-10-12-21(30-2)22(14-16)31-3)25-23(27)17-9-11-20(19(24)13-17)26-32(28,29)18-7-5-4-6-8-18/h4-15,26H,1-3H3,(H,25,27). The van der Waals surface area contributed by atoms with Gasteiger partial charge in [0, 0.05) is 5.56 Å². The van der Waals surface area contributed by atoms with Crippen LogP contribution in [0.3, 0.4) is 0 Å². The number of amides is 1. The second-order valence-electron chi connectivity index (χ2n) is 6.92. The third-order valence-corrected chi connectivity index (χ3v) is 6.48. The normalized spacial score (nSPS) is 12.0. The van der Waals surface area contributed by atoms with Gasteiger partial charge in [-0.2, -0.15) is 0 Å². The van der Waals surface area contributed by atoms with Gasteiger partial charge in [-0.1, -0.05) is 35.9 Å². The van der Waals surface area contributed by atoms with E-state index in [1.54, 1.807) is 44.6 Å². The summed E-state index contributed by atoms with van der Waals surface area (Å²) in [5.41, 5.74) is 1.30. The first kappa shape index (κ1) is 23.4. The molecule has 0 heterocycles. The quantitative estimate of drug-likeness (QED) is 0.495. The molecule has 2 N–H and O–H groups in total. The van der Waals surface area contributed by atoms with Gasteiger partial charge in [0.25, 0.3) is 15.9 Å². The Morgan fingerprint density at radius 1 is 0.938 bits per heavy atom. The molecule has 9 heteroatoms. The highest BCUT2D eigenvalue weighted by molar-refractivity contribution is 7.92. The van der Waals surface area contributed by atoms with Crippen molar-refractivity contribution in [3.05, 3.63) is 82.9 Å². The molecule has 168 valence electrons. The predicted octanol–water partition coefficient (Wildman–Crippen LogP) is 4.65. The van der Waals surface area contributed by atoms with Crippen molar-refractivity contribution >= 4 is 33.2 Å². The molecule has 1 amide bonds. The Labute approximate surface area is 192 Å². The molecule has 0 saturated carbocycles. The van der Waals surface area contributed by atoms with Crippen LogP contribution in [0.15, 0.2) is 71.6 Å². The summed E-state index contributed by atoms with van der Waals surface area (Å²) in [6.45, 7) is 1.84. The molecule has 0 fully saturated rings. The Morgan fingerprint density at radius 3 is 2.25 bits per heavy atom. The van der Waals surface area contributed by atoms with Crippen molar-refractivity contribution in [3.63, 3.8) is 0 Å². The molecule has 0 bridgehead atoms. The number of hydrogen-bond acceptors (Lipinski definition) is 5. The van der Waals surface area contributed by atoms with Crippen LogP contribution >= 0.6 is 11.6 Å². The molecule has 32 heavy (non-hydrogen) atoms. The van der Waals surface area contributed by atoms with E-state index in [2.05, 4.69) is 10.0 Å². The Bertz CT molecular complexity index is 1220. The number of rotatable bonds is 8. The van der Waals surface area contributed by atoms with E-state index in [0.29, 0.717) is 17.1 Å². The van der Waals surface area contributed by atoms with Gasteiger partial charge in [-0.15, -0.1) is 0 Å². The fourth-order valence-electron chi connectivity index (χ4n) is 3.03. The van der Waals surface area contributed by atoms with Gasteiger partial charge in [-0.25, -0.2) is 8.42 Å². The molecule has 0 aliphatic rings. The summed E-state index contributed by atoms with van der Waals surface area (Å²) in [5, 5.41) is 3.00. The lowest BCUT2D eigenvalue weighted by molar-refractivity contribution is 0.0940. The first-order valence-corrected chi connectivity index (χ1v) is 11.5. The predicted molar refractivity (Wildman–Crippen MR) is 124 cm³/mol. The van der Waals surface area contributed by atoms with Crippen molar-refractivity contribution in [3.8, 4) is 11.5 Å². The minimum atomic E-state index is -3.79. The van der Waals surface area contributed by atoms with Crippen molar-refractivity contribution in [2.75, 3.05) is 18.9 Å². The van der Waals surface area contributed by atoms with Crippen molar-refractivity contribution in [1.29, 1.82) is 0 Å². The molecule has 0 aliphatic heterocycles. The Balaban J connectivity index is 1.74. The summed E-state index contributed by atoms with van der Waals surface area (Å²) in [6, 6.07) is 17.4. The van der Waals surface area contributed by atoms with Crippen LogP contribution in [0.5, 0.6) is 11.5 Å². The van der Waals surface area contributed by atoms with Gasteiger partial charge in [0.1, 0.15) is 0 Å². The number of hydrogen-bond donors (Lipinski definition) is 2. The average molecular weight is 475 g/mol. The molecule has 0 radical (unpaired) electrons. The molecule has 3 rings (SSSR count). The van der Waals surface area contributed by atoms with E-state index in [1.807, 2.05) is 13.0 Å². The topological polar surface area (TPSA) is 93.7 Å². The SMILES string of the molecule is COc1ccc(C(C)NC(=O)c2ccc(NS(=O)(=O)c3ccccc3)c(Cl)c2)cc1OC. The van der Waals surface area contributed by atoms with E-state index in [0.717, 1.165) is 5.56 Å². The number of carbonyl (C=O) groups excluding carboxylic acids is 1. The lowest BCUT2D eigenvalue weighted by atomic mass is 10.1. The minimum Gasteiger partial charge on any atom is -0.493 e. The molecule has 1 atom stereocenters. The summed E-state index contributed by atoms with van der Waals surface area (Å²) in [4.78, 5) is 12.8. The Kier molecular flexibility index (Phi) is 7.27. The number of carbonyl (C=O) groups is 1. The minimum absolute atomic E-state index is 0.107. The van der Waals surface area contributed by atoms with Crippen LogP contribution in [-0.2, 0) is 10.0 Å². The molecule has 1 unspecified atom stereocenters. The molecule has 0 aromatic heterocycles. The molecule has 0 saturated heterocycles. The number of sulfonamides is 1. The number of ether oxygens (including phenoxy) is 2.